The van der Waals surface area contributed by atoms with Gasteiger partial charge >= 0.3 is 0 Å². The van der Waals surface area contributed by atoms with E-state index in [-0.39, 0.29) is 5.91 Å². The summed E-state index contributed by atoms with van der Waals surface area (Å²) in [7, 11) is 1.65. The van der Waals surface area contributed by atoms with Gasteiger partial charge in [-0.1, -0.05) is 12.1 Å². The Kier molecular flexibility index (Phi) is 5.21. The van der Waals surface area contributed by atoms with Crippen molar-refractivity contribution in [2.45, 2.75) is 25.8 Å². The van der Waals surface area contributed by atoms with Crippen LogP contribution in [0.3, 0.4) is 0 Å². The maximum Gasteiger partial charge on any atom is 0.220 e. The van der Waals surface area contributed by atoms with Crippen LogP contribution in [-0.2, 0) is 11.3 Å². The van der Waals surface area contributed by atoms with Crippen molar-refractivity contribution in [3.63, 3.8) is 0 Å². The van der Waals surface area contributed by atoms with Crippen LogP contribution in [-0.4, -0.2) is 26.1 Å². The SMILES string of the molecule is COc1ccc(CNC(=O)CCC2CCNC2)cc1. The number of hydrogen-bond acceptors (Lipinski definition) is 3. The maximum absolute atomic E-state index is 11.7. The first kappa shape index (κ1) is 13.9. The molecule has 0 aromatic heterocycles. The molecule has 4 nitrogen and oxygen atoms in total. The first-order valence-electron chi connectivity index (χ1n) is 6.88. The molecule has 1 heterocycles. The third-order valence-corrected chi connectivity index (χ3v) is 3.59. The fraction of sp³-hybridized carbons (Fsp3) is 0.533. The van der Waals surface area contributed by atoms with Crippen molar-refractivity contribution in [1.82, 2.24) is 10.6 Å². The van der Waals surface area contributed by atoms with Crippen LogP contribution in [0.1, 0.15) is 24.8 Å². The summed E-state index contributed by atoms with van der Waals surface area (Å²) in [5.74, 6) is 1.65. The monoisotopic (exact) mass is 262 g/mol. The smallest absolute Gasteiger partial charge is 0.220 e. The zero-order chi connectivity index (χ0) is 13.5. The molecular formula is C15H22N2O2. The van der Waals surface area contributed by atoms with Crippen LogP contribution >= 0.6 is 0 Å². The van der Waals surface area contributed by atoms with E-state index >= 15 is 0 Å². The zero-order valence-corrected chi connectivity index (χ0v) is 11.4. The first-order chi connectivity index (χ1) is 9.28. The van der Waals surface area contributed by atoms with Gasteiger partial charge in [-0.15, -0.1) is 0 Å². The van der Waals surface area contributed by atoms with Gasteiger partial charge in [-0.05, 0) is 49.5 Å². The lowest BCUT2D eigenvalue weighted by atomic mass is 10.0. The van der Waals surface area contributed by atoms with Gasteiger partial charge in [-0.25, -0.2) is 0 Å². The predicted octanol–water partition coefficient (Wildman–Crippen LogP) is 1.70. The minimum atomic E-state index is 0.141. The summed E-state index contributed by atoms with van der Waals surface area (Å²) < 4.78 is 5.10. The van der Waals surface area contributed by atoms with E-state index < -0.39 is 0 Å². The third kappa shape index (κ3) is 4.56. The Balaban J connectivity index is 1.67. The van der Waals surface area contributed by atoms with E-state index in [1.807, 2.05) is 24.3 Å². The minimum absolute atomic E-state index is 0.141. The summed E-state index contributed by atoms with van der Waals surface area (Å²) in [6.45, 7) is 2.75. The summed E-state index contributed by atoms with van der Waals surface area (Å²) in [5.41, 5.74) is 1.09. The van der Waals surface area contributed by atoms with Crippen molar-refractivity contribution in [3.8, 4) is 5.75 Å². The Bertz CT molecular complexity index is 397. The highest BCUT2D eigenvalue weighted by Gasteiger charge is 2.15. The van der Waals surface area contributed by atoms with Gasteiger partial charge in [0.25, 0.3) is 0 Å². The van der Waals surface area contributed by atoms with Crippen LogP contribution in [0, 0.1) is 5.92 Å². The Hall–Kier alpha value is -1.55. The molecule has 19 heavy (non-hydrogen) atoms. The van der Waals surface area contributed by atoms with Gasteiger partial charge < -0.3 is 15.4 Å². The maximum atomic E-state index is 11.7. The number of rotatable bonds is 6. The largest absolute Gasteiger partial charge is 0.497 e. The molecule has 0 spiro atoms. The van der Waals surface area contributed by atoms with Gasteiger partial charge in [0.2, 0.25) is 5.91 Å². The fourth-order valence-electron chi connectivity index (χ4n) is 2.33. The molecule has 1 fully saturated rings. The van der Waals surface area contributed by atoms with Crippen LogP contribution in [0.15, 0.2) is 24.3 Å². The number of carbonyl (C=O) groups excluding carboxylic acids is 1. The lowest BCUT2D eigenvalue weighted by Gasteiger charge is -2.09. The molecule has 1 atom stereocenters. The average Bonchev–Trinajstić information content (AvgIpc) is 2.96. The Labute approximate surface area is 114 Å². The van der Waals surface area contributed by atoms with Gasteiger partial charge in [0, 0.05) is 13.0 Å². The topological polar surface area (TPSA) is 50.4 Å². The second kappa shape index (κ2) is 7.14. The predicted molar refractivity (Wildman–Crippen MR) is 75.1 cm³/mol. The van der Waals surface area contributed by atoms with Crippen molar-refractivity contribution < 1.29 is 9.53 Å². The number of carbonyl (C=O) groups is 1. The van der Waals surface area contributed by atoms with Gasteiger partial charge in [-0.2, -0.15) is 0 Å². The lowest BCUT2D eigenvalue weighted by molar-refractivity contribution is -0.121. The molecule has 1 unspecified atom stereocenters. The van der Waals surface area contributed by atoms with E-state index in [4.69, 9.17) is 4.74 Å². The molecule has 1 aliphatic rings. The number of methoxy groups -OCH3 is 1. The molecule has 2 rings (SSSR count). The molecule has 0 aliphatic carbocycles. The molecule has 0 saturated carbocycles. The zero-order valence-electron chi connectivity index (χ0n) is 11.4. The summed E-state index contributed by atoms with van der Waals surface area (Å²) in [6.07, 6.45) is 2.82. The molecule has 0 bridgehead atoms. The molecule has 1 amide bonds. The second-order valence-electron chi connectivity index (χ2n) is 5.02. The Morgan fingerprint density at radius 2 is 2.21 bits per heavy atom. The molecular weight excluding hydrogens is 240 g/mol. The van der Waals surface area contributed by atoms with Gasteiger partial charge in [0.1, 0.15) is 5.75 Å². The number of hydrogen-bond donors (Lipinski definition) is 2. The highest BCUT2D eigenvalue weighted by atomic mass is 16.5. The van der Waals surface area contributed by atoms with E-state index in [2.05, 4.69) is 10.6 Å². The van der Waals surface area contributed by atoms with E-state index in [0.717, 1.165) is 30.8 Å². The first-order valence-corrected chi connectivity index (χ1v) is 6.88. The van der Waals surface area contributed by atoms with Crippen LogP contribution in [0.5, 0.6) is 5.75 Å². The van der Waals surface area contributed by atoms with E-state index in [1.165, 1.54) is 6.42 Å². The van der Waals surface area contributed by atoms with Gasteiger partial charge in [0.15, 0.2) is 0 Å². The molecule has 1 aliphatic heterocycles. The molecule has 2 N–H and O–H groups in total. The Morgan fingerprint density at radius 1 is 1.42 bits per heavy atom. The number of ether oxygens (including phenoxy) is 1. The van der Waals surface area contributed by atoms with Gasteiger partial charge in [-0.3, -0.25) is 4.79 Å². The van der Waals surface area contributed by atoms with Crippen LogP contribution in [0.4, 0.5) is 0 Å². The quantitative estimate of drug-likeness (QED) is 0.820. The number of benzene rings is 1. The fourth-order valence-corrected chi connectivity index (χ4v) is 2.33. The van der Waals surface area contributed by atoms with Gasteiger partial charge in [0.05, 0.1) is 7.11 Å². The highest BCUT2D eigenvalue weighted by molar-refractivity contribution is 5.75. The number of amides is 1. The average molecular weight is 262 g/mol. The second-order valence-corrected chi connectivity index (χ2v) is 5.02. The van der Waals surface area contributed by atoms with Crippen molar-refractivity contribution in [2.24, 2.45) is 5.92 Å². The third-order valence-electron chi connectivity index (χ3n) is 3.59. The van der Waals surface area contributed by atoms with Crippen molar-refractivity contribution in [2.75, 3.05) is 20.2 Å². The molecule has 1 aromatic rings. The van der Waals surface area contributed by atoms with Crippen LogP contribution < -0.4 is 15.4 Å². The minimum Gasteiger partial charge on any atom is -0.497 e. The summed E-state index contributed by atoms with van der Waals surface area (Å²) in [4.78, 5) is 11.7. The molecule has 0 radical (unpaired) electrons. The van der Waals surface area contributed by atoms with Crippen molar-refractivity contribution in [1.29, 1.82) is 0 Å². The van der Waals surface area contributed by atoms with Crippen molar-refractivity contribution >= 4 is 5.91 Å². The van der Waals surface area contributed by atoms with E-state index in [0.29, 0.717) is 18.9 Å². The lowest BCUT2D eigenvalue weighted by Crippen LogP contribution is -2.23. The Morgan fingerprint density at radius 3 is 2.84 bits per heavy atom. The van der Waals surface area contributed by atoms with Crippen LogP contribution in [0.2, 0.25) is 0 Å². The molecule has 104 valence electrons. The van der Waals surface area contributed by atoms with Crippen molar-refractivity contribution in [3.05, 3.63) is 29.8 Å². The highest BCUT2D eigenvalue weighted by Crippen LogP contribution is 2.14. The summed E-state index contributed by atoms with van der Waals surface area (Å²) in [6, 6.07) is 7.76. The van der Waals surface area contributed by atoms with E-state index in [9.17, 15) is 4.79 Å². The van der Waals surface area contributed by atoms with Crippen LogP contribution in [0.25, 0.3) is 0 Å². The normalized spacial score (nSPS) is 18.3. The summed E-state index contributed by atoms with van der Waals surface area (Å²) in [5, 5.41) is 6.28. The standard InChI is InChI=1S/C15H22N2O2/c1-19-14-5-2-12(3-6-14)11-17-15(18)7-4-13-8-9-16-10-13/h2-3,5-6,13,16H,4,7-11H2,1H3,(H,17,18). The van der Waals surface area contributed by atoms with E-state index in [1.54, 1.807) is 7.11 Å². The molecule has 1 aromatic carbocycles. The molecule has 1 saturated heterocycles. The molecule has 4 heteroatoms. The summed E-state index contributed by atoms with van der Waals surface area (Å²) >= 11 is 0. The number of nitrogens with one attached hydrogen (secondary N) is 2.